The van der Waals surface area contributed by atoms with Crippen molar-refractivity contribution in [2.75, 3.05) is 12.8 Å². The maximum atomic E-state index is 13.1. The van der Waals surface area contributed by atoms with Crippen molar-refractivity contribution in [3.05, 3.63) is 52.8 Å². The van der Waals surface area contributed by atoms with Crippen molar-refractivity contribution in [3.8, 4) is 11.1 Å². The summed E-state index contributed by atoms with van der Waals surface area (Å²) in [6.45, 7) is 0. The molecule has 0 spiro atoms. The maximum Gasteiger partial charge on any atom is 0.339 e. The Morgan fingerprint density at radius 2 is 1.84 bits per heavy atom. The molecule has 0 bridgehead atoms. The normalized spacial score (nSPS) is 10.3. The Bertz CT molecular complexity index is 643. The van der Waals surface area contributed by atoms with Gasteiger partial charge in [-0.1, -0.05) is 23.7 Å². The van der Waals surface area contributed by atoms with E-state index in [-0.39, 0.29) is 10.6 Å². The van der Waals surface area contributed by atoms with Crippen LogP contribution in [0.2, 0.25) is 5.02 Å². The predicted octanol–water partition coefficient (Wildman–Crippen LogP) is 3.51. The summed E-state index contributed by atoms with van der Waals surface area (Å²) in [6.07, 6.45) is 0. The van der Waals surface area contributed by atoms with Gasteiger partial charge in [0.25, 0.3) is 0 Å². The molecule has 0 aliphatic carbocycles. The monoisotopic (exact) mass is 279 g/mol. The molecule has 0 atom stereocenters. The van der Waals surface area contributed by atoms with Crippen LogP contribution in [0.25, 0.3) is 11.1 Å². The van der Waals surface area contributed by atoms with E-state index in [4.69, 9.17) is 17.3 Å². The molecule has 3 nitrogen and oxygen atoms in total. The number of benzene rings is 2. The first-order valence-corrected chi connectivity index (χ1v) is 5.84. The summed E-state index contributed by atoms with van der Waals surface area (Å²) in [5, 5.41) is 0.0222. The van der Waals surface area contributed by atoms with E-state index in [2.05, 4.69) is 4.74 Å². The van der Waals surface area contributed by atoms with Crippen molar-refractivity contribution >= 4 is 23.3 Å². The lowest BCUT2D eigenvalue weighted by molar-refractivity contribution is 0.0602. The van der Waals surface area contributed by atoms with Crippen LogP contribution in [-0.4, -0.2) is 13.1 Å². The molecule has 2 aromatic carbocycles. The molecule has 0 saturated carbocycles. The molecule has 0 unspecified atom stereocenters. The number of nitrogen functional groups attached to an aromatic ring is 1. The highest BCUT2D eigenvalue weighted by Crippen LogP contribution is 2.27. The van der Waals surface area contributed by atoms with E-state index in [1.807, 2.05) is 0 Å². The fraction of sp³-hybridized carbons (Fsp3) is 0.0714. The molecule has 0 aromatic heterocycles. The Balaban J connectivity index is 2.51. The third-order valence-electron chi connectivity index (χ3n) is 2.71. The Hall–Kier alpha value is -2.07. The van der Waals surface area contributed by atoms with Gasteiger partial charge in [0.05, 0.1) is 17.7 Å². The van der Waals surface area contributed by atoms with Crippen LogP contribution in [0, 0.1) is 5.82 Å². The number of hydrogen-bond donors (Lipinski definition) is 1. The van der Waals surface area contributed by atoms with Crippen LogP contribution < -0.4 is 5.73 Å². The second-order valence-corrected chi connectivity index (χ2v) is 4.33. The quantitative estimate of drug-likeness (QED) is 0.676. The average Bonchev–Trinajstić information content (AvgIpc) is 2.41. The molecule has 0 amide bonds. The summed E-state index contributed by atoms with van der Waals surface area (Å²) >= 11 is 5.73. The SMILES string of the molecule is COC(=O)c1cc(-c2ccc(F)c(Cl)c2)ccc1N. The van der Waals surface area contributed by atoms with Crippen LogP contribution in [0.1, 0.15) is 10.4 Å². The van der Waals surface area contributed by atoms with Gasteiger partial charge in [-0.25, -0.2) is 9.18 Å². The van der Waals surface area contributed by atoms with Crippen LogP contribution in [-0.2, 0) is 4.74 Å². The van der Waals surface area contributed by atoms with Gasteiger partial charge in [0.15, 0.2) is 0 Å². The lowest BCUT2D eigenvalue weighted by Gasteiger charge is -2.08. The predicted molar refractivity (Wildman–Crippen MR) is 72.6 cm³/mol. The zero-order valence-electron chi connectivity index (χ0n) is 10.1. The molecule has 0 radical (unpaired) electrons. The van der Waals surface area contributed by atoms with Gasteiger partial charge in [-0.15, -0.1) is 0 Å². The van der Waals surface area contributed by atoms with Gasteiger partial charge >= 0.3 is 5.97 Å². The van der Waals surface area contributed by atoms with Gasteiger partial charge < -0.3 is 10.5 Å². The maximum absolute atomic E-state index is 13.1. The number of carbonyl (C=O) groups is 1. The number of carbonyl (C=O) groups excluding carboxylic acids is 1. The smallest absolute Gasteiger partial charge is 0.339 e. The summed E-state index contributed by atoms with van der Waals surface area (Å²) in [7, 11) is 1.28. The third-order valence-corrected chi connectivity index (χ3v) is 3.00. The number of nitrogens with two attached hydrogens (primary N) is 1. The van der Waals surface area contributed by atoms with Crippen LogP contribution in [0.15, 0.2) is 36.4 Å². The Morgan fingerprint density at radius 1 is 1.21 bits per heavy atom. The molecule has 98 valence electrons. The van der Waals surface area contributed by atoms with Crippen molar-refractivity contribution in [2.24, 2.45) is 0 Å². The van der Waals surface area contributed by atoms with Crippen molar-refractivity contribution in [1.82, 2.24) is 0 Å². The lowest BCUT2D eigenvalue weighted by atomic mass is 10.0. The molecule has 0 aliphatic rings. The van der Waals surface area contributed by atoms with Crippen molar-refractivity contribution in [2.45, 2.75) is 0 Å². The molecule has 19 heavy (non-hydrogen) atoms. The van der Waals surface area contributed by atoms with Gasteiger partial charge in [0.1, 0.15) is 5.82 Å². The molecule has 2 aromatic rings. The summed E-state index contributed by atoms with van der Waals surface area (Å²) in [5.41, 5.74) is 7.69. The van der Waals surface area contributed by atoms with Gasteiger partial charge in [-0.3, -0.25) is 0 Å². The average molecular weight is 280 g/mol. The number of halogens is 2. The number of hydrogen-bond acceptors (Lipinski definition) is 3. The fourth-order valence-electron chi connectivity index (χ4n) is 1.70. The summed E-state index contributed by atoms with van der Waals surface area (Å²) in [4.78, 5) is 11.6. The topological polar surface area (TPSA) is 52.3 Å². The second kappa shape index (κ2) is 5.28. The standard InChI is InChI=1S/C14H11ClFNO2/c1-19-14(18)10-6-8(3-5-13(10)17)9-2-4-12(16)11(15)7-9/h2-7H,17H2,1H3. The van der Waals surface area contributed by atoms with E-state index in [0.717, 1.165) is 0 Å². The van der Waals surface area contributed by atoms with Crippen molar-refractivity contribution in [3.63, 3.8) is 0 Å². The first kappa shape index (κ1) is 13.4. The van der Waals surface area contributed by atoms with Crippen LogP contribution >= 0.6 is 11.6 Å². The van der Waals surface area contributed by atoms with E-state index >= 15 is 0 Å². The third kappa shape index (κ3) is 2.69. The van der Waals surface area contributed by atoms with E-state index in [9.17, 15) is 9.18 Å². The van der Waals surface area contributed by atoms with Gasteiger partial charge in [0.2, 0.25) is 0 Å². The van der Waals surface area contributed by atoms with Crippen molar-refractivity contribution < 1.29 is 13.9 Å². The fourth-order valence-corrected chi connectivity index (χ4v) is 1.88. The Labute approximate surface area is 114 Å². The Morgan fingerprint density at radius 3 is 2.47 bits per heavy atom. The summed E-state index contributed by atoms with van der Waals surface area (Å²) in [5.74, 6) is -1.01. The molecule has 0 saturated heterocycles. The number of esters is 1. The van der Waals surface area contributed by atoms with Crippen molar-refractivity contribution in [1.29, 1.82) is 0 Å². The minimum atomic E-state index is -0.521. The summed E-state index contributed by atoms with van der Waals surface area (Å²) < 4.78 is 17.8. The first-order chi connectivity index (χ1) is 9.02. The number of anilines is 1. The van der Waals surface area contributed by atoms with E-state index in [0.29, 0.717) is 16.8 Å². The Kier molecular flexibility index (Phi) is 3.71. The highest BCUT2D eigenvalue weighted by molar-refractivity contribution is 6.31. The van der Waals surface area contributed by atoms with Crippen LogP contribution in [0.4, 0.5) is 10.1 Å². The van der Waals surface area contributed by atoms with Gasteiger partial charge in [0, 0.05) is 5.69 Å². The highest BCUT2D eigenvalue weighted by Gasteiger charge is 2.12. The summed E-state index contributed by atoms with van der Waals surface area (Å²) in [6, 6.07) is 9.25. The second-order valence-electron chi connectivity index (χ2n) is 3.92. The molecule has 2 rings (SSSR count). The molecular formula is C14H11ClFNO2. The first-order valence-electron chi connectivity index (χ1n) is 5.46. The molecular weight excluding hydrogens is 269 g/mol. The molecule has 2 N–H and O–H groups in total. The van der Waals surface area contributed by atoms with Crippen LogP contribution in [0.5, 0.6) is 0 Å². The highest BCUT2D eigenvalue weighted by atomic mass is 35.5. The van der Waals surface area contributed by atoms with E-state index < -0.39 is 11.8 Å². The molecule has 0 aliphatic heterocycles. The molecule has 0 fully saturated rings. The minimum absolute atomic E-state index is 0.0222. The van der Waals surface area contributed by atoms with Gasteiger partial charge in [-0.2, -0.15) is 0 Å². The molecule has 0 heterocycles. The minimum Gasteiger partial charge on any atom is -0.465 e. The number of methoxy groups -OCH3 is 1. The van der Waals surface area contributed by atoms with Crippen LogP contribution in [0.3, 0.4) is 0 Å². The van der Waals surface area contributed by atoms with Gasteiger partial charge in [-0.05, 0) is 35.4 Å². The van der Waals surface area contributed by atoms with E-state index in [1.54, 1.807) is 24.3 Å². The zero-order valence-corrected chi connectivity index (χ0v) is 10.9. The van der Waals surface area contributed by atoms with E-state index in [1.165, 1.54) is 19.2 Å². The molecule has 5 heteroatoms. The number of ether oxygens (including phenoxy) is 1. The zero-order chi connectivity index (χ0) is 14.0. The number of rotatable bonds is 2. The lowest BCUT2D eigenvalue weighted by Crippen LogP contribution is -2.05. The largest absolute Gasteiger partial charge is 0.465 e.